The fraction of sp³-hybridized carbons (Fsp3) is 0.591. The van der Waals surface area contributed by atoms with Crippen LogP contribution in [0.15, 0.2) is 18.2 Å². The Bertz CT molecular complexity index is 714. The molecule has 0 N–H and O–H groups in total. The number of carbonyl (C=O) groups excluding carboxylic acids is 3. The van der Waals surface area contributed by atoms with E-state index in [-0.39, 0.29) is 36.4 Å². The maximum absolute atomic E-state index is 12.5. The van der Waals surface area contributed by atoms with E-state index in [1.807, 2.05) is 41.8 Å². The molecule has 5 nitrogen and oxygen atoms in total. The van der Waals surface area contributed by atoms with Gasteiger partial charge in [-0.3, -0.25) is 14.4 Å². The van der Waals surface area contributed by atoms with Crippen molar-refractivity contribution in [3.05, 3.63) is 34.9 Å². The summed E-state index contributed by atoms with van der Waals surface area (Å²) in [4.78, 5) is 41.3. The molecule has 0 bridgehead atoms. The number of piperidine rings is 1. The smallest absolute Gasteiger partial charge is 0.225 e. The Kier molecular flexibility index (Phi) is 6.30. The number of benzene rings is 1. The molecule has 0 unspecified atom stereocenters. The van der Waals surface area contributed by atoms with E-state index in [1.54, 1.807) is 0 Å². The summed E-state index contributed by atoms with van der Waals surface area (Å²) in [6, 6.07) is 5.84. The van der Waals surface area contributed by atoms with Crippen LogP contribution in [0.25, 0.3) is 0 Å². The lowest BCUT2D eigenvalue weighted by molar-refractivity contribution is -0.140. The highest BCUT2D eigenvalue weighted by Gasteiger charge is 2.31. The molecule has 146 valence electrons. The minimum absolute atomic E-state index is 0.0285. The Balaban J connectivity index is 1.46. The van der Waals surface area contributed by atoms with E-state index in [1.165, 1.54) is 0 Å². The Hall–Kier alpha value is -2.17. The lowest BCUT2D eigenvalue weighted by Crippen LogP contribution is -2.43. The molecule has 0 atom stereocenters. The van der Waals surface area contributed by atoms with E-state index >= 15 is 0 Å². The van der Waals surface area contributed by atoms with Crippen molar-refractivity contribution in [2.75, 3.05) is 26.2 Å². The number of aryl methyl sites for hydroxylation is 2. The Morgan fingerprint density at radius 3 is 2.26 bits per heavy atom. The number of rotatable bonds is 5. The van der Waals surface area contributed by atoms with Gasteiger partial charge < -0.3 is 9.80 Å². The summed E-state index contributed by atoms with van der Waals surface area (Å²) < 4.78 is 0. The monoisotopic (exact) mass is 370 g/mol. The predicted molar refractivity (Wildman–Crippen MR) is 105 cm³/mol. The van der Waals surface area contributed by atoms with Crippen LogP contribution in [0.1, 0.15) is 60.0 Å². The van der Waals surface area contributed by atoms with E-state index < -0.39 is 0 Å². The topological polar surface area (TPSA) is 57.7 Å². The van der Waals surface area contributed by atoms with E-state index in [2.05, 4.69) is 0 Å². The highest BCUT2D eigenvalue weighted by Crippen LogP contribution is 2.23. The molecule has 2 heterocycles. The number of hydrogen-bond donors (Lipinski definition) is 0. The first-order chi connectivity index (χ1) is 13.0. The van der Waals surface area contributed by atoms with Gasteiger partial charge in [0.1, 0.15) is 0 Å². The molecule has 1 aromatic rings. The highest BCUT2D eigenvalue weighted by molar-refractivity contribution is 5.99. The molecule has 2 saturated heterocycles. The molecule has 2 aliphatic rings. The van der Waals surface area contributed by atoms with Crippen molar-refractivity contribution in [1.82, 2.24) is 9.80 Å². The lowest BCUT2D eigenvalue weighted by atomic mass is 9.94. The molecule has 5 heteroatoms. The van der Waals surface area contributed by atoms with E-state index in [9.17, 15) is 14.4 Å². The zero-order chi connectivity index (χ0) is 19.4. The largest absolute Gasteiger partial charge is 0.343 e. The molecule has 2 amide bonds. The second-order valence-corrected chi connectivity index (χ2v) is 7.93. The van der Waals surface area contributed by atoms with Crippen molar-refractivity contribution in [2.45, 2.75) is 52.4 Å². The summed E-state index contributed by atoms with van der Waals surface area (Å²) >= 11 is 0. The number of amides is 2. The van der Waals surface area contributed by atoms with Gasteiger partial charge in [0.2, 0.25) is 11.8 Å². The van der Waals surface area contributed by atoms with Crippen molar-refractivity contribution in [1.29, 1.82) is 0 Å². The third-order valence-corrected chi connectivity index (χ3v) is 5.87. The first kappa shape index (κ1) is 19.6. The zero-order valence-electron chi connectivity index (χ0n) is 16.5. The quantitative estimate of drug-likeness (QED) is 0.748. The van der Waals surface area contributed by atoms with E-state index in [0.717, 1.165) is 55.5 Å². The molecular formula is C22H30N2O3. The van der Waals surface area contributed by atoms with Crippen molar-refractivity contribution in [3.8, 4) is 0 Å². The SMILES string of the molecule is Cc1ccc(C)c(C(=O)CCC(=O)N2CCC(C(=O)N3CCCC3)CC2)c1. The third kappa shape index (κ3) is 4.76. The molecule has 0 radical (unpaired) electrons. The number of ketones is 1. The lowest BCUT2D eigenvalue weighted by Gasteiger charge is -2.33. The Labute approximate surface area is 161 Å². The highest BCUT2D eigenvalue weighted by atomic mass is 16.2. The Morgan fingerprint density at radius 2 is 1.59 bits per heavy atom. The van der Waals surface area contributed by atoms with Crippen molar-refractivity contribution >= 4 is 17.6 Å². The van der Waals surface area contributed by atoms with Crippen molar-refractivity contribution < 1.29 is 14.4 Å². The molecule has 2 aliphatic heterocycles. The van der Waals surface area contributed by atoms with E-state index in [4.69, 9.17) is 0 Å². The van der Waals surface area contributed by atoms with Crippen LogP contribution in [-0.2, 0) is 9.59 Å². The molecule has 0 spiro atoms. The average Bonchev–Trinajstić information content (AvgIpc) is 3.22. The summed E-state index contributed by atoms with van der Waals surface area (Å²) in [6.07, 6.45) is 4.19. The molecule has 2 fully saturated rings. The predicted octanol–water partition coefficient (Wildman–Crippen LogP) is 3.13. The van der Waals surface area contributed by atoms with Gasteiger partial charge in [-0.2, -0.15) is 0 Å². The van der Waals surface area contributed by atoms with Crippen molar-refractivity contribution in [2.24, 2.45) is 5.92 Å². The fourth-order valence-electron chi connectivity index (χ4n) is 4.12. The van der Waals surface area contributed by atoms with Gasteiger partial charge in [0.05, 0.1) is 0 Å². The van der Waals surface area contributed by atoms with Crippen LogP contribution in [-0.4, -0.2) is 53.6 Å². The normalized spacial score (nSPS) is 18.0. The maximum Gasteiger partial charge on any atom is 0.225 e. The van der Waals surface area contributed by atoms with Gasteiger partial charge in [0, 0.05) is 50.5 Å². The van der Waals surface area contributed by atoms with Crippen LogP contribution in [0.2, 0.25) is 0 Å². The van der Waals surface area contributed by atoms with Crippen LogP contribution < -0.4 is 0 Å². The van der Waals surface area contributed by atoms with Crippen molar-refractivity contribution in [3.63, 3.8) is 0 Å². The van der Waals surface area contributed by atoms with Gasteiger partial charge in [-0.1, -0.05) is 17.7 Å². The fourth-order valence-corrected chi connectivity index (χ4v) is 4.12. The van der Waals surface area contributed by atoms with Gasteiger partial charge in [0.25, 0.3) is 0 Å². The van der Waals surface area contributed by atoms with Gasteiger partial charge in [0.15, 0.2) is 5.78 Å². The first-order valence-corrected chi connectivity index (χ1v) is 10.1. The number of likely N-dealkylation sites (tertiary alicyclic amines) is 2. The molecular weight excluding hydrogens is 340 g/mol. The van der Waals surface area contributed by atoms with Crippen LogP contribution in [0, 0.1) is 19.8 Å². The summed E-state index contributed by atoms with van der Waals surface area (Å²) in [6.45, 7) is 6.92. The minimum Gasteiger partial charge on any atom is -0.343 e. The zero-order valence-corrected chi connectivity index (χ0v) is 16.5. The van der Waals surface area contributed by atoms with E-state index in [0.29, 0.717) is 13.1 Å². The number of Topliss-reactive ketones (excluding diaryl/α,β-unsaturated/α-hetero) is 1. The standard InChI is InChI=1S/C22H30N2O3/c1-16-5-6-17(2)19(15-16)20(25)7-8-21(26)23-13-9-18(10-14-23)22(27)24-11-3-4-12-24/h5-6,15,18H,3-4,7-14H2,1-2H3. The third-order valence-electron chi connectivity index (χ3n) is 5.87. The second kappa shape index (κ2) is 8.68. The van der Waals surface area contributed by atoms with Crippen LogP contribution >= 0.6 is 0 Å². The molecule has 27 heavy (non-hydrogen) atoms. The molecule has 0 aromatic heterocycles. The van der Waals surface area contributed by atoms with Crippen LogP contribution in [0.4, 0.5) is 0 Å². The first-order valence-electron chi connectivity index (χ1n) is 10.1. The molecule has 0 saturated carbocycles. The molecule has 3 rings (SSSR count). The van der Waals surface area contributed by atoms with Crippen LogP contribution in [0.3, 0.4) is 0 Å². The van der Waals surface area contributed by atoms with Gasteiger partial charge in [-0.15, -0.1) is 0 Å². The number of nitrogens with zero attached hydrogens (tertiary/aromatic N) is 2. The van der Waals surface area contributed by atoms with Gasteiger partial charge in [-0.25, -0.2) is 0 Å². The number of carbonyl (C=O) groups is 3. The van der Waals surface area contributed by atoms with Gasteiger partial charge in [-0.05, 0) is 51.2 Å². The van der Waals surface area contributed by atoms with Crippen LogP contribution in [0.5, 0.6) is 0 Å². The molecule has 1 aromatic carbocycles. The Morgan fingerprint density at radius 1 is 0.926 bits per heavy atom. The minimum atomic E-state index is 0.0285. The van der Waals surface area contributed by atoms with Gasteiger partial charge >= 0.3 is 0 Å². The summed E-state index contributed by atoms with van der Waals surface area (Å²) in [5.41, 5.74) is 2.73. The summed E-state index contributed by atoms with van der Waals surface area (Å²) in [5.74, 6) is 0.387. The average molecular weight is 370 g/mol. The second-order valence-electron chi connectivity index (χ2n) is 7.93. The summed E-state index contributed by atoms with van der Waals surface area (Å²) in [7, 11) is 0. The summed E-state index contributed by atoms with van der Waals surface area (Å²) in [5, 5.41) is 0. The number of hydrogen-bond acceptors (Lipinski definition) is 3. The maximum atomic E-state index is 12.5. The molecule has 0 aliphatic carbocycles.